The average Bonchev–Trinajstić information content (AvgIpc) is 2.72. The van der Waals surface area contributed by atoms with E-state index in [-0.39, 0.29) is 26.0 Å². The van der Waals surface area contributed by atoms with Crippen LogP contribution in [0.3, 0.4) is 0 Å². The molecule has 0 aliphatic heterocycles. The number of hydrogen-bond acceptors (Lipinski definition) is 5. The molecule has 2 atom stereocenters. The third-order valence-corrected chi connectivity index (χ3v) is 4.90. The quantitative estimate of drug-likeness (QED) is 0.414. The first-order valence-corrected chi connectivity index (χ1v) is 10.0. The molecule has 30 heavy (non-hydrogen) atoms. The van der Waals surface area contributed by atoms with Gasteiger partial charge in [-0.15, -0.1) is 0 Å². The number of carboxylic acids is 1. The van der Waals surface area contributed by atoms with Gasteiger partial charge in [-0.3, -0.25) is 4.79 Å². The van der Waals surface area contributed by atoms with Gasteiger partial charge in [-0.2, -0.15) is 0 Å². The van der Waals surface area contributed by atoms with Crippen molar-refractivity contribution in [1.29, 1.82) is 0 Å². The van der Waals surface area contributed by atoms with E-state index < -0.39 is 30.1 Å². The molecule has 2 aromatic carbocycles. The SMILES string of the molecule is O=C(C[C@@H](O)CNC(=O)OCc1ccccc1)N[C@@H](Cc1ccccc1Br)C(=O)O. The van der Waals surface area contributed by atoms with Crippen molar-refractivity contribution in [3.63, 3.8) is 0 Å². The lowest BCUT2D eigenvalue weighted by molar-refractivity contribution is -0.142. The van der Waals surface area contributed by atoms with Crippen LogP contribution in [0.5, 0.6) is 0 Å². The van der Waals surface area contributed by atoms with Crippen LogP contribution in [-0.4, -0.2) is 46.9 Å². The molecule has 0 fully saturated rings. The van der Waals surface area contributed by atoms with Crippen molar-refractivity contribution >= 4 is 33.9 Å². The fourth-order valence-electron chi connectivity index (χ4n) is 2.60. The second-order valence-electron chi connectivity index (χ2n) is 6.55. The number of rotatable bonds is 10. The van der Waals surface area contributed by atoms with Crippen LogP contribution in [0.25, 0.3) is 0 Å². The van der Waals surface area contributed by atoms with Crippen molar-refractivity contribution in [1.82, 2.24) is 10.6 Å². The molecule has 0 aliphatic carbocycles. The number of carbonyl (C=O) groups is 3. The lowest BCUT2D eigenvalue weighted by Gasteiger charge is -2.17. The second-order valence-corrected chi connectivity index (χ2v) is 7.41. The summed E-state index contributed by atoms with van der Waals surface area (Å²) in [5.41, 5.74) is 1.55. The molecule has 2 amide bonds. The Bertz CT molecular complexity index is 862. The van der Waals surface area contributed by atoms with E-state index in [0.29, 0.717) is 0 Å². The molecule has 8 nitrogen and oxygen atoms in total. The summed E-state index contributed by atoms with van der Waals surface area (Å²) in [4.78, 5) is 35.3. The zero-order chi connectivity index (χ0) is 21.9. The number of benzene rings is 2. The number of ether oxygens (including phenoxy) is 1. The molecule has 0 spiro atoms. The fraction of sp³-hybridized carbons (Fsp3) is 0.286. The maximum Gasteiger partial charge on any atom is 0.407 e. The first-order chi connectivity index (χ1) is 14.3. The van der Waals surface area contributed by atoms with Gasteiger partial charge in [0.1, 0.15) is 12.6 Å². The first-order valence-electron chi connectivity index (χ1n) is 9.23. The molecule has 0 unspecified atom stereocenters. The Morgan fingerprint density at radius 2 is 1.70 bits per heavy atom. The van der Waals surface area contributed by atoms with E-state index in [4.69, 9.17) is 4.74 Å². The smallest absolute Gasteiger partial charge is 0.407 e. The highest BCUT2D eigenvalue weighted by molar-refractivity contribution is 9.10. The van der Waals surface area contributed by atoms with Gasteiger partial charge in [-0.25, -0.2) is 9.59 Å². The summed E-state index contributed by atoms with van der Waals surface area (Å²) < 4.78 is 5.75. The van der Waals surface area contributed by atoms with Crippen molar-refractivity contribution in [3.05, 3.63) is 70.2 Å². The molecule has 0 aliphatic rings. The maximum atomic E-state index is 12.1. The molecule has 0 bridgehead atoms. The third-order valence-electron chi connectivity index (χ3n) is 4.13. The number of aliphatic hydroxyl groups is 1. The van der Waals surface area contributed by atoms with Crippen molar-refractivity contribution in [2.24, 2.45) is 0 Å². The van der Waals surface area contributed by atoms with Crippen LogP contribution in [0.1, 0.15) is 17.5 Å². The molecule has 9 heteroatoms. The second kappa shape index (κ2) is 11.9. The van der Waals surface area contributed by atoms with Gasteiger partial charge >= 0.3 is 12.1 Å². The monoisotopic (exact) mass is 478 g/mol. The molecule has 0 saturated heterocycles. The predicted octanol–water partition coefficient (Wildman–Crippen LogP) is 2.24. The molecule has 4 N–H and O–H groups in total. The number of aliphatic carboxylic acids is 1. The number of alkyl carbamates (subject to hydrolysis) is 1. The van der Waals surface area contributed by atoms with Gasteiger partial charge < -0.3 is 25.6 Å². The van der Waals surface area contributed by atoms with Crippen LogP contribution in [-0.2, 0) is 27.4 Å². The number of aliphatic hydroxyl groups excluding tert-OH is 1. The summed E-state index contributed by atoms with van der Waals surface area (Å²) in [6.07, 6.45) is -2.19. The molecule has 0 saturated carbocycles. The third kappa shape index (κ3) is 8.22. The lowest BCUT2D eigenvalue weighted by Crippen LogP contribution is -2.44. The summed E-state index contributed by atoms with van der Waals surface area (Å²) in [7, 11) is 0. The van der Waals surface area contributed by atoms with Crippen LogP contribution in [0.4, 0.5) is 4.79 Å². The van der Waals surface area contributed by atoms with Crippen molar-refractivity contribution in [2.75, 3.05) is 6.54 Å². The summed E-state index contributed by atoms with van der Waals surface area (Å²) >= 11 is 3.34. The van der Waals surface area contributed by atoms with Crippen molar-refractivity contribution in [3.8, 4) is 0 Å². The lowest BCUT2D eigenvalue weighted by atomic mass is 10.1. The number of nitrogens with one attached hydrogen (secondary N) is 2. The number of hydrogen-bond donors (Lipinski definition) is 4. The topological polar surface area (TPSA) is 125 Å². The predicted molar refractivity (Wildman–Crippen MR) is 113 cm³/mol. The fourth-order valence-corrected chi connectivity index (χ4v) is 3.05. The Labute approximate surface area is 182 Å². The maximum absolute atomic E-state index is 12.1. The van der Waals surface area contributed by atoms with Crippen molar-refractivity contribution in [2.45, 2.75) is 31.6 Å². The highest BCUT2D eigenvalue weighted by atomic mass is 79.9. The largest absolute Gasteiger partial charge is 0.480 e. The van der Waals surface area contributed by atoms with Crippen LogP contribution in [0, 0.1) is 0 Å². The van der Waals surface area contributed by atoms with Gasteiger partial charge in [0.25, 0.3) is 0 Å². The highest BCUT2D eigenvalue weighted by Crippen LogP contribution is 2.17. The van der Waals surface area contributed by atoms with Gasteiger partial charge in [0.15, 0.2) is 0 Å². The van der Waals surface area contributed by atoms with E-state index in [9.17, 15) is 24.6 Å². The normalized spacial score (nSPS) is 12.5. The van der Waals surface area contributed by atoms with E-state index in [1.54, 1.807) is 36.4 Å². The zero-order valence-electron chi connectivity index (χ0n) is 16.1. The Kier molecular flexibility index (Phi) is 9.30. The Morgan fingerprint density at radius 1 is 1.03 bits per heavy atom. The molecule has 0 radical (unpaired) electrons. The summed E-state index contributed by atoms with van der Waals surface area (Å²) in [6.45, 7) is -0.123. The van der Waals surface area contributed by atoms with Gasteiger partial charge in [-0.1, -0.05) is 64.5 Å². The molecule has 2 aromatic rings. The molecule has 0 aromatic heterocycles. The van der Waals surface area contributed by atoms with Crippen LogP contribution in [0.2, 0.25) is 0 Å². The minimum atomic E-state index is -1.19. The average molecular weight is 479 g/mol. The number of amides is 2. The van der Waals surface area contributed by atoms with E-state index in [1.165, 1.54) is 0 Å². The summed E-state index contributed by atoms with van der Waals surface area (Å²) in [5.74, 6) is -1.82. The Hall–Kier alpha value is -2.91. The van der Waals surface area contributed by atoms with Crippen molar-refractivity contribution < 1.29 is 29.3 Å². The van der Waals surface area contributed by atoms with E-state index >= 15 is 0 Å². The minimum absolute atomic E-state index is 0.0819. The van der Waals surface area contributed by atoms with Crippen LogP contribution in [0.15, 0.2) is 59.1 Å². The zero-order valence-corrected chi connectivity index (χ0v) is 17.7. The highest BCUT2D eigenvalue weighted by Gasteiger charge is 2.22. The van der Waals surface area contributed by atoms with Gasteiger partial charge in [0.2, 0.25) is 5.91 Å². The number of carbonyl (C=O) groups excluding carboxylic acids is 2. The molecule has 160 valence electrons. The van der Waals surface area contributed by atoms with Gasteiger partial charge in [0, 0.05) is 17.4 Å². The Balaban J connectivity index is 1.74. The van der Waals surface area contributed by atoms with E-state index in [0.717, 1.165) is 15.6 Å². The van der Waals surface area contributed by atoms with E-state index in [1.807, 2.05) is 18.2 Å². The number of halogens is 1. The molecular weight excluding hydrogens is 456 g/mol. The summed E-state index contributed by atoms with van der Waals surface area (Å²) in [6, 6.07) is 15.1. The van der Waals surface area contributed by atoms with Gasteiger partial charge in [0.05, 0.1) is 12.5 Å². The summed E-state index contributed by atoms with van der Waals surface area (Å²) in [5, 5.41) is 24.1. The van der Waals surface area contributed by atoms with Crippen LogP contribution < -0.4 is 10.6 Å². The van der Waals surface area contributed by atoms with E-state index in [2.05, 4.69) is 26.6 Å². The molecule has 2 rings (SSSR count). The first kappa shape index (κ1) is 23.4. The van der Waals surface area contributed by atoms with Crippen LogP contribution >= 0.6 is 15.9 Å². The number of carboxylic acid groups (broad SMARTS) is 1. The standard InChI is InChI=1S/C21H23BrN2O6/c22-17-9-5-4-8-15(17)10-18(20(27)28)24-19(26)11-16(25)12-23-21(29)30-13-14-6-2-1-3-7-14/h1-9,16,18,25H,10-13H2,(H,23,29)(H,24,26)(H,27,28)/t16-,18+/m1/s1. The Morgan fingerprint density at radius 3 is 2.37 bits per heavy atom. The minimum Gasteiger partial charge on any atom is -0.480 e. The molecular formula is C21H23BrN2O6. The van der Waals surface area contributed by atoms with Gasteiger partial charge in [-0.05, 0) is 17.2 Å². The molecule has 0 heterocycles.